The van der Waals surface area contributed by atoms with Gasteiger partial charge in [-0.15, -0.1) is 0 Å². The molecule has 0 aromatic heterocycles. The average molecular weight is 253 g/mol. The van der Waals surface area contributed by atoms with Gasteiger partial charge in [0.15, 0.2) is 0 Å². The lowest BCUT2D eigenvalue weighted by molar-refractivity contribution is 0.0671. The zero-order valence-electron chi connectivity index (χ0n) is 11.1. The van der Waals surface area contributed by atoms with Crippen molar-refractivity contribution in [3.8, 4) is 11.5 Å². The second-order valence-corrected chi connectivity index (χ2v) is 5.14. The monoisotopic (exact) mass is 253 g/mol. The minimum atomic E-state index is -0.484. The molecule has 0 radical (unpaired) electrons. The van der Waals surface area contributed by atoms with Crippen molar-refractivity contribution in [1.82, 2.24) is 5.32 Å². The van der Waals surface area contributed by atoms with Crippen LogP contribution in [0.5, 0.6) is 11.5 Å². The number of benzene rings is 1. The zero-order chi connectivity index (χ0) is 13.2. The Balaban J connectivity index is 2.27. The molecule has 0 fully saturated rings. The first-order valence-electron chi connectivity index (χ1n) is 6.25. The summed E-state index contributed by atoms with van der Waals surface area (Å²) in [4.78, 5) is 0. The fourth-order valence-electron chi connectivity index (χ4n) is 2.34. The van der Waals surface area contributed by atoms with Gasteiger partial charge in [0.25, 0.3) is 0 Å². The highest BCUT2D eigenvalue weighted by Gasteiger charge is 2.33. The Morgan fingerprint density at radius 2 is 2.28 bits per heavy atom. The van der Waals surface area contributed by atoms with Crippen molar-refractivity contribution in [3.63, 3.8) is 0 Å². The van der Waals surface area contributed by atoms with Gasteiger partial charge in [0.2, 0.25) is 0 Å². The highest BCUT2D eigenvalue weighted by Crippen LogP contribution is 2.40. The predicted molar refractivity (Wildman–Crippen MR) is 69.0 cm³/mol. The van der Waals surface area contributed by atoms with E-state index in [1.54, 1.807) is 0 Å². The van der Waals surface area contributed by atoms with E-state index in [0.29, 0.717) is 5.75 Å². The summed E-state index contributed by atoms with van der Waals surface area (Å²) in [7, 11) is 1.95. The van der Waals surface area contributed by atoms with Gasteiger partial charge in [0, 0.05) is 24.1 Å². The molecule has 0 saturated carbocycles. The lowest BCUT2D eigenvalue weighted by atomic mass is 9.90. The van der Waals surface area contributed by atoms with Crippen LogP contribution in [0.1, 0.15) is 31.9 Å². The lowest BCUT2D eigenvalue weighted by Crippen LogP contribution is -2.38. The van der Waals surface area contributed by atoms with Crippen LogP contribution >= 0.6 is 0 Å². The molecular weight excluding hydrogens is 233 g/mol. The van der Waals surface area contributed by atoms with Crippen molar-refractivity contribution in [2.24, 2.45) is 0 Å². The molecule has 1 aliphatic rings. The van der Waals surface area contributed by atoms with Crippen LogP contribution in [0.4, 0.5) is 4.39 Å². The summed E-state index contributed by atoms with van der Waals surface area (Å²) < 4.78 is 23.3. The van der Waals surface area contributed by atoms with Crippen molar-refractivity contribution >= 4 is 0 Å². The van der Waals surface area contributed by atoms with Crippen molar-refractivity contribution in [2.45, 2.75) is 31.9 Å². The minimum Gasteiger partial charge on any atom is -0.491 e. The van der Waals surface area contributed by atoms with E-state index in [0.717, 1.165) is 17.7 Å². The maximum atomic E-state index is 12.1. The summed E-state index contributed by atoms with van der Waals surface area (Å²) >= 11 is 0. The summed E-state index contributed by atoms with van der Waals surface area (Å²) in [5, 5.41) is 3.30. The molecule has 0 bridgehead atoms. The van der Waals surface area contributed by atoms with Gasteiger partial charge >= 0.3 is 0 Å². The van der Waals surface area contributed by atoms with Crippen LogP contribution in [0.15, 0.2) is 18.2 Å². The largest absolute Gasteiger partial charge is 0.491 e. The molecule has 4 heteroatoms. The molecule has 0 amide bonds. The third-order valence-electron chi connectivity index (χ3n) is 3.14. The van der Waals surface area contributed by atoms with Gasteiger partial charge in [-0.1, -0.05) is 6.07 Å². The van der Waals surface area contributed by atoms with Gasteiger partial charge in [0.1, 0.15) is 30.4 Å². The van der Waals surface area contributed by atoms with Crippen molar-refractivity contribution in [1.29, 1.82) is 0 Å². The third-order valence-corrected chi connectivity index (χ3v) is 3.14. The SMILES string of the molecule is CNC1CC(C)(C)Oc2cc(OCCF)ccc21. The summed E-state index contributed by atoms with van der Waals surface area (Å²) in [6.07, 6.45) is 0.918. The fourth-order valence-corrected chi connectivity index (χ4v) is 2.34. The number of fused-ring (bicyclic) bond motifs is 1. The zero-order valence-corrected chi connectivity index (χ0v) is 11.1. The van der Waals surface area contributed by atoms with E-state index in [9.17, 15) is 4.39 Å². The van der Waals surface area contributed by atoms with Gasteiger partial charge in [-0.3, -0.25) is 0 Å². The first-order valence-corrected chi connectivity index (χ1v) is 6.25. The Morgan fingerprint density at radius 3 is 2.94 bits per heavy atom. The Kier molecular flexibility index (Phi) is 3.76. The molecule has 1 atom stereocenters. The molecule has 1 unspecified atom stereocenters. The van der Waals surface area contributed by atoms with Gasteiger partial charge in [-0.05, 0) is 27.0 Å². The van der Waals surface area contributed by atoms with Crippen LogP contribution in [0.3, 0.4) is 0 Å². The van der Waals surface area contributed by atoms with Crippen molar-refractivity contribution in [3.05, 3.63) is 23.8 Å². The van der Waals surface area contributed by atoms with Gasteiger partial charge in [-0.2, -0.15) is 0 Å². The first kappa shape index (κ1) is 13.1. The van der Waals surface area contributed by atoms with Gasteiger partial charge in [0.05, 0.1) is 0 Å². The van der Waals surface area contributed by atoms with Crippen molar-refractivity contribution < 1.29 is 13.9 Å². The third kappa shape index (κ3) is 2.75. The minimum absolute atomic E-state index is 0.0810. The first-order chi connectivity index (χ1) is 8.55. The second-order valence-electron chi connectivity index (χ2n) is 5.14. The normalized spacial score (nSPS) is 21.0. The highest BCUT2D eigenvalue weighted by atomic mass is 19.1. The van der Waals surface area contributed by atoms with Gasteiger partial charge in [-0.25, -0.2) is 4.39 Å². The Hall–Kier alpha value is -1.29. The van der Waals surface area contributed by atoms with E-state index >= 15 is 0 Å². The quantitative estimate of drug-likeness (QED) is 0.895. The number of hydrogen-bond acceptors (Lipinski definition) is 3. The Labute approximate surface area is 107 Å². The van der Waals surface area contributed by atoms with Crippen LogP contribution in [-0.2, 0) is 0 Å². The summed E-state index contributed by atoms with van der Waals surface area (Å²) in [6, 6.07) is 5.97. The molecule has 3 nitrogen and oxygen atoms in total. The number of hydrogen-bond donors (Lipinski definition) is 1. The number of rotatable bonds is 4. The number of ether oxygens (including phenoxy) is 2. The van der Waals surface area contributed by atoms with Crippen LogP contribution in [-0.4, -0.2) is 25.9 Å². The Bertz CT molecular complexity index is 420. The number of nitrogens with one attached hydrogen (secondary N) is 1. The smallest absolute Gasteiger partial charge is 0.128 e. The van der Waals surface area contributed by atoms with Crippen LogP contribution in [0.25, 0.3) is 0 Å². The summed E-state index contributed by atoms with van der Waals surface area (Å²) in [5.41, 5.74) is 0.920. The van der Waals surface area contributed by atoms with Crippen LogP contribution in [0, 0.1) is 0 Å². The standard InChI is InChI=1S/C14H20FNO2/c1-14(2)9-12(16-3)11-5-4-10(17-7-6-15)8-13(11)18-14/h4-5,8,12,16H,6-7,9H2,1-3H3. The highest BCUT2D eigenvalue weighted by molar-refractivity contribution is 5.44. The molecule has 100 valence electrons. The second kappa shape index (κ2) is 5.14. The van der Waals surface area contributed by atoms with E-state index in [1.165, 1.54) is 0 Å². The molecule has 0 spiro atoms. The fraction of sp³-hybridized carbons (Fsp3) is 0.571. The molecule has 2 rings (SSSR count). The lowest BCUT2D eigenvalue weighted by Gasteiger charge is -2.37. The van der Waals surface area contributed by atoms with E-state index in [-0.39, 0.29) is 18.2 Å². The molecule has 1 aromatic carbocycles. The molecular formula is C14H20FNO2. The van der Waals surface area contributed by atoms with E-state index < -0.39 is 6.67 Å². The Morgan fingerprint density at radius 1 is 1.50 bits per heavy atom. The maximum Gasteiger partial charge on any atom is 0.128 e. The predicted octanol–water partition coefficient (Wildman–Crippen LogP) is 2.86. The van der Waals surface area contributed by atoms with E-state index in [2.05, 4.69) is 19.2 Å². The van der Waals surface area contributed by atoms with Crippen LogP contribution in [0.2, 0.25) is 0 Å². The summed E-state index contributed by atoms with van der Waals surface area (Å²) in [6.45, 7) is 3.73. The van der Waals surface area contributed by atoms with E-state index in [1.807, 2.05) is 25.2 Å². The maximum absolute atomic E-state index is 12.1. The topological polar surface area (TPSA) is 30.5 Å². The molecule has 1 aliphatic heterocycles. The number of halogens is 1. The molecule has 1 heterocycles. The molecule has 1 aromatic rings. The van der Waals surface area contributed by atoms with E-state index in [4.69, 9.17) is 9.47 Å². The molecule has 0 saturated heterocycles. The number of alkyl halides is 1. The van der Waals surface area contributed by atoms with Crippen LogP contribution < -0.4 is 14.8 Å². The van der Waals surface area contributed by atoms with Gasteiger partial charge < -0.3 is 14.8 Å². The molecule has 18 heavy (non-hydrogen) atoms. The average Bonchev–Trinajstić information content (AvgIpc) is 2.33. The molecule has 1 N–H and O–H groups in total. The van der Waals surface area contributed by atoms with Crippen molar-refractivity contribution in [2.75, 3.05) is 20.3 Å². The molecule has 0 aliphatic carbocycles. The summed E-state index contributed by atoms with van der Waals surface area (Å²) in [5.74, 6) is 1.47.